The number of rotatable bonds is 8. The molecule has 2 heterocycles. The number of benzene rings is 1. The van der Waals surface area contributed by atoms with Crippen LogP contribution in [-0.4, -0.2) is 46.6 Å². The highest BCUT2D eigenvalue weighted by molar-refractivity contribution is 5.98. The fourth-order valence-corrected chi connectivity index (χ4v) is 3.29. The maximum atomic E-state index is 12.9. The van der Waals surface area contributed by atoms with Gasteiger partial charge in [-0.1, -0.05) is 6.07 Å². The van der Waals surface area contributed by atoms with Crippen LogP contribution in [0.1, 0.15) is 50.7 Å². The summed E-state index contributed by atoms with van der Waals surface area (Å²) in [5.41, 5.74) is 2.02. The van der Waals surface area contributed by atoms with Gasteiger partial charge in [0, 0.05) is 18.2 Å². The molecular formula is C21H28N4O3. The van der Waals surface area contributed by atoms with Crippen molar-refractivity contribution in [1.82, 2.24) is 14.9 Å². The fraction of sp³-hybridized carbons (Fsp3) is 0.476. The molecule has 1 N–H and O–H groups in total. The lowest BCUT2D eigenvalue weighted by Crippen LogP contribution is -2.31. The highest BCUT2D eigenvalue weighted by atomic mass is 16.5. The van der Waals surface area contributed by atoms with Crippen molar-refractivity contribution in [2.45, 2.75) is 47.2 Å². The van der Waals surface area contributed by atoms with E-state index in [0.29, 0.717) is 60.7 Å². The summed E-state index contributed by atoms with van der Waals surface area (Å²) < 4.78 is 11.6. The largest absolute Gasteiger partial charge is 0.490 e. The molecule has 0 aliphatic carbocycles. The Morgan fingerprint density at radius 2 is 1.89 bits per heavy atom. The van der Waals surface area contributed by atoms with E-state index >= 15 is 0 Å². The van der Waals surface area contributed by atoms with Crippen molar-refractivity contribution in [2.75, 3.05) is 25.1 Å². The van der Waals surface area contributed by atoms with E-state index in [1.165, 1.54) is 0 Å². The number of hydrogen-bond donors (Lipinski definition) is 1. The second kappa shape index (κ2) is 8.46. The van der Waals surface area contributed by atoms with Crippen molar-refractivity contribution in [3.8, 4) is 22.9 Å². The van der Waals surface area contributed by atoms with Gasteiger partial charge in [-0.3, -0.25) is 4.79 Å². The van der Waals surface area contributed by atoms with E-state index < -0.39 is 0 Å². The van der Waals surface area contributed by atoms with Gasteiger partial charge in [0.1, 0.15) is 11.5 Å². The van der Waals surface area contributed by atoms with E-state index in [-0.39, 0.29) is 11.9 Å². The van der Waals surface area contributed by atoms with Crippen LogP contribution in [-0.2, 0) is 6.54 Å². The number of hydrogen-bond acceptors (Lipinski definition) is 6. The molecular weight excluding hydrogens is 356 g/mol. The first-order valence-corrected chi connectivity index (χ1v) is 9.86. The first-order valence-electron chi connectivity index (χ1n) is 9.86. The van der Waals surface area contributed by atoms with Crippen LogP contribution in [0.4, 0.5) is 5.82 Å². The van der Waals surface area contributed by atoms with Crippen LogP contribution in [0, 0.1) is 0 Å². The Labute approximate surface area is 166 Å². The van der Waals surface area contributed by atoms with E-state index in [1.807, 2.05) is 57.7 Å². The minimum absolute atomic E-state index is 0.0632. The lowest BCUT2D eigenvalue weighted by atomic mass is 10.1. The van der Waals surface area contributed by atoms with Crippen LogP contribution >= 0.6 is 0 Å². The quantitative estimate of drug-likeness (QED) is 0.747. The smallest absolute Gasteiger partial charge is 0.273 e. The first kappa shape index (κ1) is 19.9. The molecule has 0 atom stereocenters. The SMILES string of the molecule is CCNc1nc(-c2cccc(OCC)c2OCC)nc2c1CN(C(C)C)C2=O. The van der Waals surface area contributed by atoms with Crippen LogP contribution in [0.15, 0.2) is 18.2 Å². The lowest BCUT2D eigenvalue weighted by Gasteiger charge is -2.19. The van der Waals surface area contributed by atoms with Gasteiger partial charge in [-0.2, -0.15) is 0 Å². The molecule has 2 aromatic rings. The van der Waals surface area contributed by atoms with Gasteiger partial charge >= 0.3 is 0 Å². The van der Waals surface area contributed by atoms with Crippen LogP contribution in [0.2, 0.25) is 0 Å². The van der Waals surface area contributed by atoms with Crippen LogP contribution in [0.25, 0.3) is 11.4 Å². The molecule has 1 aliphatic rings. The molecule has 1 aromatic carbocycles. The highest BCUT2D eigenvalue weighted by Crippen LogP contribution is 2.39. The monoisotopic (exact) mass is 384 g/mol. The number of amides is 1. The summed E-state index contributed by atoms with van der Waals surface area (Å²) in [6.07, 6.45) is 0. The van der Waals surface area contributed by atoms with Crippen molar-refractivity contribution in [2.24, 2.45) is 0 Å². The zero-order valence-electron chi connectivity index (χ0n) is 17.2. The number of para-hydroxylation sites is 1. The number of nitrogens with one attached hydrogen (secondary N) is 1. The van der Waals surface area contributed by atoms with Crippen molar-refractivity contribution in [3.63, 3.8) is 0 Å². The van der Waals surface area contributed by atoms with E-state index in [9.17, 15) is 4.79 Å². The number of anilines is 1. The van der Waals surface area contributed by atoms with Crippen LogP contribution in [0.5, 0.6) is 11.5 Å². The number of carbonyl (C=O) groups is 1. The standard InChI is InChI=1S/C21H28N4O3/c1-6-22-19-15-12-25(13(4)5)21(26)17(15)23-20(24-19)14-10-9-11-16(27-7-2)18(14)28-8-3/h9-11,13H,6-8,12H2,1-5H3,(H,22,23,24). The number of fused-ring (bicyclic) bond motifs is 1. The predicted octanol–water partition coefficient (Wildman–Crippen LogP) is 3.74. The van der Waals surface area contributed by atoms with Crippen LogP contribution < -0.4 is 14.8 Å². The molecule has 7 heteroatoms. The molecule has 0 fully saturated rings. The summed E-state index contributed by atoms with van der Waals surface area (Å²) >= 11 is 0. The number of ether oxygens (including phenoxy) is 2. The van der Waals surface area contributed by atoms with Crippen molar-refractivity contribution >= 4 is 11.7 Å². The molecule has 7 nitrogen and oxygen atoms in total. The second-order valence-electron chi connectivity index (χ2n) is 6.78. The van der Waals surface area contributed by atoms with E-state index in [2.05, 4.69) is 10.3 Å². The Bertz CT molecular complexity index is 867. The molecule has 0 saturated heterocycles. The highest BCUT2D eigenvalue weighted by Gasteiger charge is 2.34. The molecule has 150 valence electrons. The molecule has 0 saturated carbocycles. The molecule has 1 amide bonds. The van der Waals surface area contributed by atoms with Crippen LogP contribution in [0.3, 0.4) is 0 Å². The average molecular weight is 384 g/mol. The van der Waals surface area contributed by atoms with Gasteiger partial charge in [0.15, 0.2) is 17.3 Å². The van der Waals surface area contributed by atoms with E-state index in [0.717, 1.165) is 5.56 Å². The molecule has 0 bridgehead atoms. The molecule has 0 radical (unpaired) electrons. The van der Waals surface area contributed by atoms with Crippen molar-refractivity contribution in [3.05, 3.63) is 29.5 Å². The first-order chi connectivity index (χ1) is 13.5. The van der Waals surface area contributed by atoms with Gasteiger partial charge in [-0.15, -0.1) is 0 Å². The van der Waals surface area contributed by atoms with Gasteiger partial charge in [0.05, 0.1) is 25.3 Å². The minimum Gasteiger partial charge on any atom is -0.490 e. The molecule has 0 spiro atoms. The summed E-state index contributed by atoms with van der Waals surface area (Å²) in [6.45, 7) is 12.1. The summed E-state index contributed by atoms with van der Waals surface area (Å²) in [5.74, 6) is 2.33. The number of nitrogens with zero attached hydrogens (tertiary/aromatic N) is 3. The summed E-state index contributed by atoms with van der Waals surface area (Å²) in [6, 6.07) is 5.74. The Hall–Kier alpha value is -2.83. The topological polar surface area (TPSA) is 76.6 Å². The van der Waals surface area contributed by atoms with Gasteiger partial charge in [-0.25, -0.2) is 9.97 Å². The Balaban J connectivity index is 2.16. The molecule has 28 heavy (non-hydrogen) atoms. The fourth-order valence-electron chi connectivity index (χ4n) is 3.29. The third-order valence-electron chi connectivity index (χ3n) is 4.57. The normalized spacial score (nSPS) is 13.1. The molecule has 1 aliphatic heterocycles. The Morgan fingerprint density at radius 3 is 2.54 bits per heavy atom. The number of aromatic nitrogens is 2. The second-order valence-corrected chi connectivity index (χ2v) is 6.78. The van der Waals surface area contributed by atoms with Gasteiger partial charge in [0.2, 0.25) is 0 Å². The molecule has 0 unspecified atom stereocenters. The third kappa shape index (κ3) is 3.61. The zero-order chi connectivity index (χ0) is 20.3. The minimum atomic E-state index is -0.0632. The zero-order valence-corrected chi connectivity index (χ0v) is 17.2. The van der Waals surface area contributed by atoms with Gasteiger partial charge in [-0.05, 0) is 46.8 Å². The van der Waals surface area contributed by atoms with Crippen molar-refractivity contribution < 1.29 is 14.3 Å². The Morgan fingerprint density at radius 1 is 1.14 bits per heavy atom. The van der Waals surface area contributed by atoms with Crippen molar-refractivity contribution in [1.29, 1.82) is 0 Å². The maximum Gasteiger partial charge on any atom is 0.273 e. The summed E-state index contributed by atoms with van der Waals surface area (Å²) in [4.78, 5) is 24.1. The maximum absolute atomic E-state index is 12.9. The van der Waals surface area contributed by atoms with Gasteiger partial charge in [0.25, 0.3) is 5.91 Å². The lowest BCUT2D eigenvalue weighted by molar-refractivity contribution is 0.0726. The third-order valence-corrected chi connectivity index (χ3v) is 4.57. The predicted molar refractivity (Wildman–Crippen MR) is 109 cm³/mol. The summed E-state index contributed by atoms with van der Waals surface area (Å²) in [7, 11) is 0. The van der Waals surface area contributed by atoms with E-state index in [4.69, 9.17) is 14.5 Å². The molecule has 3 rings (SSSR count). The van der Waals surface area contributed by atoms with Gasteiger partial charge < -0.3 is 19.7 Å². The average Bonchev–Trinajstić information content (AvgIpc) is 3.01. The number of carbonyl (C=O) groups excluding carboxylic acids is 1. The Kier molecular flexibility index (Phi) is 6.02. The summed E-state index contributed by atoms with van der Waals surface area (Å²) in [5, 5.41) is 3.29. The molecule has 1 aromatic heterocycles. The van der Waals surface area contributed by atoms with E-state index in [1.54, 1.807) is 0 Å².